The van der Waals surface area contributed by atoms with E-state index in [4.69, 9.17) is 16.3 Å². The van der Waals surface area contributed by atoms with Gasteiger partial charge in [0.25, 0.3) is 5.91 Å². The number of rotatable bonds is 3. The Hall–Kier alpha value is -4.16. The fourth-order valence-corrected chi connectivity index (χ4v) is 5.56. The normalized spacial score (nSPS) is 22.6. The molecule has 174 valence electrons. The number of aromatic nitrogens is 1. The van der Waals surface area contributed by atoms with Crippen molar-refractivity contribution in [1.82, 2.24) is 14.8 Å². The Morgan fingerprint density at radius 2 is 1.89 bits per heavy atom. The summed E-state index contributed by atoms with van der Waals surface area (Å²) in [7, 11) is 0. The fourth-order valence-electron chi connectivity index (χ4n) is 5.37. The summed E-state index contributed by atoms with van der Waals surface area (Å²) in [6.07, 6.45) is 1.36. The van der Waals surface area contributed by atoms with Crippen molar-refractivity contribution in [1.29, 1.82) is 5.26 Å². The standard InChI is InChI=1S/C25H18ClN5O4/c26-18-8-4-1-5-14(18)13-35-25(34)29-12-15-9-20(29)22-23(32)31(24(33)30(15)22)21-11-28-19(10-27)16-6-2-3-7-17(16)21/h1-8,11,15,20,22H,9,12-13H2/t15?,20?,22-/m1/s1. The zero-order valence-corrected chi connectivity index (χ0v) is 19.1. The largest absolute Gasteiger partial charge is 0.444 e. The van der Waals surface area contributed by atoms with E-state index in [1.54, 1.807) is 47.4 Å². The SMILES string of the molecule is N#Cc1ncc(N2C(=O)[C@H]3C4CC(CN4C(=O)OCc4ccccc4Cl)N3C2=O)c2ccccc12. The van der Waals surface area contributed by atoms with E-state index in [1.165, 1.54) is 11.1 Å². The molecule has 0 radical (unpaired) electrons. The van der Waals surface area contributed by atoms with Crippen LogP contribution in [0.5, 0.6) is 0 Å². The molecule has 3 aliphatic rings. The Morgan fingerprint density at radius 1 is 1.14 bits per heavy atom. The van der Waals surface area contributed by atoms with Gasteiger partial charge >= 0.3 is 12.1 Å². The molecule has 3 aromatic rings. The first-order chi connectivity index (χ1) is 17.0. The van der Waals surface area contributed by atoms with Crippen LogP contribution in [0.4, 0.5) is 15.3 Å². The maximum absolute atomic E-state index is 13.6. The van der Waals surface area contributed by atoms with Crippen LogP contribution in [0.25, 0.3) is 10.8 Å². The maximum atomic E-state index is 13.6. The molecule has 0 N–H and O–H groups in total. The number of urea groups is 1. The smallest absolute Gasteiger partial charge is 0.410 e. The number of anilines is 1. The molecule has 9 nitrogen and oxygen atoms in total. The van der Waals surface area contributed by atoms with Gasteiger partial charge in [-0.3, -0.25) is 4.79 Å². The van der Waals surface area contributed by atoms with Crippen LogP contribution in [0.2, 0.25) is 5.02 Å². The quantitative estimate of drug-likeness (QED) is 0.521. The molecule has 3 saturated heterocycles. The minimum Gasteiger partial charge on any atom is -0.444 e. The average Bonchev–Trinajstić information content (AvgIpc) is 3.54. The first-order valence-corrected chi connectivity index (χ1v) is 11.5. The molecule has 4 amide bonds. The van der Waals surface area contributed by atoms with E-state index < -0.39 is 30.1 Å². The topological polar surface area (TPSA) is 107 Å². The summed E-state index contributed by atoms with van der Waals surface area (Å²) in [5.74, 6) is -0.414. The van der Waals surface area contributed by atoms with E-state index in [0.717, 1.165) is 4.90 Å². The summed E-state index contributed by atoms with van der Waals surface area (Å²) in [4.78, 5) is 48.2. The van der Waals surface area contributed by atoms with Crippen molar-refractivity contribution in [3.63, 3.8) is 0 Å². The van der Waals surface area contributed by atoms with Gasteiger partial charge < -0.3 is 14.5 Å². The van der Waals surface area contributed by atoms with Gasteiger partial charge in [0.2, 0.25) is 0 Å². The zero-order valence-electron chi connectivity index (χ0n) is 18.3. The van der Waals surface area contributed by atoms with Crippen molar-refractivity contribution in [3.05, 3.63) is 71.0 Å². The molecule has 4 heterocycles. The van der Waals surface area contributed by atoms with Crippen LogP contribution < -0.4 is 4.90 Å². The second kappa shape index (κ2) is 7.96. The van der Waals surface area contributed by atoms with E-state index in [1.807, 2.05) is 12.1 Å². The Kier molecular flexibility index (Phi) is 4.86. The highest BCUT2D eigenvalue weighted by Gasteiger charge is 2.63. The predicted octanol–water partition coefficient (Wildman–Crippen LogP) is 3.69. The second-order valence-corrected chi connectivity index (χ2v) is 9.12. The number of carbonyl (C=O) groups excluding carboxylic acids is 3. The first kappa shape index (κ1) is 21.4. The second-order valence-electron chi connectivity index (χ2n) is 8.71. The summed E-state index contributed by atoms with van der Waals surface area (Å²) in [5.41, 5.74) is 1.24. The number of hydrogen-bond acceptors (Lipinski definition) is 6. The number of ether oxygens (including phenoxy) is 1. The van der Waals surface area contributed by atoms with Gasteiger partial charge in [0, 0.05) is 27.9 Å². The van der Waals surface area contributed by atoms with Crippen molar-refractivity contribution in [2.24, 2.45) is 0 Å². The van der Waals surface area contributed by atoms with E-state index in [0.29, 0.717) is 40.0 Å². The van der Waals surface area contributed by atoms with Gasteiger partial charge in [-0.2, -0.15) is 5.26 Å². The van der Waals surface area contributed by atoms with Crippen molar-refractivity contribution >= 4 is 46.1 Å². The van der Waals surface area contributed by atoms with E-state index in [9.17, 15) is 19.6 Å². The zero-order chi connectivity index (χ0) is 24.3. The molecule has 0 saturated carbocycles. The third kappa shape index (κ3) is 3.14. The monoisotopic (exact) mass is 487 g/mol. The van der Waals surface area contributed by atoms with Crippen LogP contribution in [-0.4, -0.2) is 57.5 Å². The number of halogens is 1. The number of nitrogens with zero attached hydrogens (tertiary/aromatic N) is 5. The lowest BCUT2D eigenvalue weighted by Gasteiger charge is -2.34. The number of amides is 4. The third-order valence-electron chi connectivity index (χ3n) is 6.93. The number of benzene rings is 2. The predicted molar refractivity (Wildman–Crippen MR) is 126 cm³/mol. The van der Waals surface area contributed by atoms with E-state index in [-0.39, 0.29) is 18.3 Å². The number of likely N-dealkylation sites (tertiary alicyclic amines) is 1. The molecule has 2 unspecified atom stereocenters. The van der Waals surface area contributed by atoms with Crippen molar-refractivity contribution in [2.75, 3.05) is 11.4 Å². The Labute approximate surface area is 205 Å². The number of carbonyl (C=O) groups is 3. The van der Waals surface area contributed by atoms with Gasteiger partial charge in [-0.1, -0.05) is 54.1 Å². The van der Waals surface area contributed by atoms with Crippen LogP contribution in [-0.2, 0) is 16.1 Å². The Morgan fingerprint density at radius 3 is 2.66 bits per heavy atom. The molecular weight excluding hydrogens is 470 g/mol. The Balaban J connectivity index is 1.27. The van der Waals surface area contributed by atoms with E-state index >= 15 is 0 Å². The van der Waals surface area contributed by atoms with Crippen LogP contribution in [0.15, 0.2) is 54.7 Å². The van der Waals surface area contributed by atoms with Crippen LogP contribution in [0.1, 0.15) is 17.7 Å². The number of pyridine rings is 1. The molecule has 10 heteroatoms. The van der Waals surface area contributed by atoms with Crippen molar-refractivity contribution in [3.8, 4) is 6.07 Å². The van der Waals surface area contributed by atoms with Crippen molar-refractivity contribution in [2.45, 2.75) is 31.2 Å². The van der Waals surface area contributed by atoms with Gasteiger partial charge in [-0.25, -0.2) is 19.5 Å². The van der Waals surface area contributed by atoms with Crippen LogP contribution >= 0.6 is 11.6 Å². The molecule has 0 spiro atoms. The highest BCUT2D eigenvalue weighted by atomic mass is 35.5. The molecule has 1 aromatic heterocycles. The van der Waals surface area contributed by atoms with Crippen molar-refractivity contribution < 1.29 is 19.1 Å². The molecule has 6 rings (SSSR count). The summed E-state index contributed by atoms with van der Waals surface area (Å²) >= 11 is 6.15. The number of imide groups is 1. The lowest BCUT2D eigenvalue weighted by Crippen LogP contribution is -2.54. The molecule has 35 heavy (non-hydrogen) atoms. The summed E-state index contributed by atoms with van der Waals surface area (Å²) in [6.45, 7) is 0.310. The number of hydrogen-bond donors (Lipinski definition) is 0. The van der Waals surface area contributed by atoms with Gasteiger partial charge in [0.05, 0.1) is 24.0 Å². The Bertz CT molecular complexity index is 1450. The lowest BCUT2D eigenvalue weighted by atomic mass is 10.1. The number of nitriles is 1. The molecular formula is C25H18ClN5O4. The number of piperazine rings is 1. The molecule has 3 atom stereocenters. The van der Waals surface area contributed by atoms with Crippen LogP contribution in [0.3, 0.4) is 0 Å². The van der Waals surface area contributed by atoms with Crippen LogP contribution in [0, 0.1) is 11.3 Å². The minimum atomic E-state index is -0.788. The van der Waals surface area contributed by atoms with Gasteiger partial charge in [-0.15, -0.1) is 0 Å². The minimum absolute atomic E-state index is 0.0165. The highest BCUT2D eigenvalue weighted by molar-refractivity contribution is 6.31. The summed E-state index contributed by atoms with van der Waals surface area (Å²) < 4.78 is 5.48. The molecule has 2 aromatic carbocycles. The summed E-state index contributed by atoms with van der Waals surface area (Å²) in [6, 6.07) is 14.2. The van der Waals surface area contributed by atoms with E-state index in [2.05, 4.69) is 4.98 Å². The number of fused-ring (bicyclic) bond motifs is 6. The van der Waals surface area contributed by atoms with Gasteiger partial charge in [0.15, 0.2) is 0 Å². The highest BCUT2D eigenvalue weighted by Crippen LogP contribution is 2.43. The first-order valence-electron chi connectivity index (χ1n) is 11.1. The molecule has 3 aliphatic heterocycles. The fraction of sp³-hybridized carbons (Fsp3) is 0.240. The lowest BCUT2D eigenvalue weighted by molar-refractivity contribution is -0.121. The molecule has 0 aliphatic carbocycles. The summed E-state index contributed by atoms with van der Waals surface area (Å²) in [5, 5.41) is 11.0. The average molecular weight is 488 g/mol. The van der Waals surface area contributed by atoms with Gasteiger partial charge in [-0.05, 0) is 12.5 Å². The molecule has 3 fully saturated rings. The maximum Gasteiger partial charge on any atom is 0.410 e. The van der Waals surface area contributed by atoms with Gasteiger partial charge in [0.1, 0.15) is 24.4 Å². The molecule has 2 bridgehead atoms. The third-order valence-corrected chi connectivity index (χ3v) is 7.30.